The molecule has 1 aliphatic heterocycles. The molecule has 1 heterocycles. The van der Waals surface area contributed by atoms with Crippen molar-refractivity contribution in [2.45, 2.75) is 25.5 Å². The fourth-order valence-corrected chi connectivity index (χ4v) is 4.33. The third-order valence-corrected chi connectivity index (χ3v) is 6.13. The van der Waals surface area contributed by atoms with Gasteiger partial charge in [0.05, 0.1) is 23.9 Å². The Morgan fingerprint density at radius 1 is 1.31 bits per heavy atom. The highest BCUT2D eigenvalue weighted by molar-refractivity contribution is 9.10. The predicted octanol–water partition coefficient (Wildman–Crippen LogP) is 4.20. The summed E-state index contributed by atoms with van der Waals surface area (Å²) in [5.41, 5.74) is 2.10. The molecule has 0 spiro atoms. The van der Waals surface area contributed by atoms with Gasteiger partial charge >= 0.3 is 0 Å². The molecule has 1 unspecified atom stereocenters. The Morgan fingerprint density at radius 2 is 2.12 bits per heavy atom. The molecule has 1 fully saturated rings. The van der Waals surface area contributed by atoms with Gasteiger partial charge in [0.15, 0.2) is 5.17 Å². The number of anilines is 1. The average molecular weight is 519 g/mol. The molecule has 2 aromatic carbocycles. The van der Waals surface area contributed by atoms with Crippen molar-refractivity contribution in [3.63, 3.8) is 0 Å². The van der Waals surface area contributed by atoms with Gasteiger partial charge in [0, 0.05) is 18.2 Å². The molecule has 0 radical (unpaired) electrons. The largest absolute Gasteiger partial charge is 0.496 e. The van der Waals surface area contributed by atoms with Crippen molar-refractivity contribution in [2.24, 2.45) is 10.2 Å². The number of halogens is 1. The molecule has 0 aliphatic carbocycles. The fraction of sp³-hybridized carbons (Fsp3) is 0.273. The number of hydrogen-bond donors (Lipinski definition) is 2. The topological polar surface area (TPSA) is 101 Å². The van der Waals surface area contributed by atoms with Crippen molar-refractivity contribution in [1.29, 1.82) is 0 Å². The third kappa shape index (κ3) is 6.33. The van der Waals surface area contributed by atoms with E-state index in [1.54, 1.807) is 25.3 Å². The lowest BCUT2D eigenvalue weighted by atomic mass is 10.1. The number of benzene rings is 2. The zero-order chi connectivity index (χ0) is 23.1. The van der Waals surface area contributed by atoms with Crippen LogP contribution in [-0.2, 0) is 9.59 Å². The molecule has 2 N–H and O–H groups in total. The maximum absolute atomic E-state index is 12.7. The molecule has 2 aromatic rings. The first kappa shape index (κ1) is 23.8. The second-order valence-electron chi connectivity index (χ2n) is 6.75. The Labute approximate surface area is 199 Å². The Hall–Kier alpha value is -2.85. The number of thioether (sulfide) groups is 1. The summed E-state index contributed by atoms with van der Waals surface area (Å²) in [6, 6.07) is 12.7. The Bertz CT molecular complexity index is 1070. The molecule has 0 bridgehead atoms. The van der Waals surface area contributed by atoms with E-state index < -0.39 is 5.25 Å². The van der Waals surface area contributed by atoms with Gasteiger partial charge in [-0.05, 0) is 65.7 Å². The number of nitrogens with one attached hydrogen (secondary N) is 2. The molecule has 1 aliphatic rings. The minimum Gasteiger partial charge on any atom is -0.496 e. The van der Waals surface area contributed by atoms with E-state index in [0.29, 0.717) is 29.5 Å². The number of ether oxygens (including phenoxy) is 2. The van der Waals surface area contributed by atoms with Crippen LogP contribution in [0.4, 0.5) is 5.69 Å². The number of hydrogen-bond acceptors (Lipinski definition) is 7. The van der Waals surface area contributed by atoms with Crippen LogP contribution in [0, 0.1) is 0 Å². The van der Waals surface area contributed by atoms with Crippen molar-refractivity contribution >= 4 is 56.1 Å². The van der Waals surface area contributed by atoms with Gasteiger partial charge in [0.25, 0.3) is 0 Å². The van der Waals surface area contributed by atoms with Crippen LogP contribution >= 0.6 is 27.7 Å². The number of carbonyl (C=O) groups excluding carboxylic acids is 2. The van der Waals surface area contributed by atoms with Crippen molar-refractivity contribution in [3.8, 4) is 11.5 Å². The van der Waals surface area contributed by atoms with Crippen LogP contribution < -0.4 is 20.1 Å². The Kier molecular flexibility index (Phi) is 8.29. The zero-order valence-corrected chi connectivity index (χ0v) is 20.2. The molecule has 8 nitrogen and oxygen atoms in total. The Morgan fingerprint density at radius 3 is 2.84 bits per heavy atom. The highest BCUT2D eigenvalue weighted by Gasteiger charge is 2.30. The molecular formula is C22H23BrN4O4S. The van der Waals surface area contributed by atoms with E-state index in [-0.39, 0.29) is 23.4 Å². The van der Waals surface area contributed by atoms with Crippen LogP contribution in [0.25, 0.3) is 0 Å². The summed E-state index contributed by atoms with van der Waals surface area (Å²) < 4.78 is 11.5. The number of carbonyl (C=O) groups is 2. The summed E-state index contributed by atoms with van der Waals surface area (Å²) in [7, 11) is 1.60. The number of rotatable bonds is 7. The first-order valence-electron chi connectivity index (χ1n) is 9.86. The molecule has 1 atom stereocenters. The molecule has 2 amide bonds. The highest BCUT2D eigenvalue weighted by Crippen LogP contribution is 2.26. The van der Waals surface area contributed by atoms with Crippen LogP contribution in [0.2, 0.25) is 0 Å². The molecule has 32 heavy (non-hydrogen) atoms. The molecule has 0 saturated carbocycles. The van der Waals surface area contributed by atoms with E-state index in [4.69, 9.17) is 9.47 Å². The average Bonchev–Trinajstić information content (AvgIpc) is 2.77. The maximum atomic E-state index is 12.7. The number of methoxy groups -OCH3 is 1. The summed E-state index contributed by atoms with van der Waals surface area (Å²) in [4.78, 5) is 24.9. The Balaban J connectivity index is 1.70. The van der Waals surface area contributed by atoms with E-state index in [9.17, 15) is 9.59 Å². The normalized spacial score (nSPS) is 17.6. The minimum absolute atomic E-state index is 0.0504. The lowest BCUT2D eigenvalue weighted by Crippen LogP contribution is -2.41. The lowest BCUT2D eigenvalue weighted by Gasteiger charge is -2.21. The van der Waals surface area contributed by atoms with Crippen LogP contribution in [0.5, 0.6) is 11.5 Å². The monoisotopic (exact) mass is 518 g/mol. The van der Waals surface area contributed by atoms with Crippen LogP contribution in [0.3, 0.4) is 0 Å². The summed E-state index contributed by atoms with van der Waals surface area (Å²) in [5.74, 6) is 0.803. The highest BCUT2D eigenvalue weighted by atomic mass is 79.9. The van der Waals surface area contributed by atoms with Gasteiger partial charge in [0.2, 0.25) is 11.8 Å². The SMILES string of the molecule is CCOc1cccc(NC(=O)C2CC(=O)N/C(=N\N=C(C)c3ccc(OC)c(Br)c3)S2)c1. The van der Waals surface area contributed by atoms with E-state index in [2.05, 4.69) is 36.8 Å². The van der Waals surface area contributed by atoms with Crippen molar-refractivity contribution in [1.82, 2.24) is 5.32 Å². The summed E-state index contributed by atoms with van der Waals surface area (Å²) in [5, 5.41) is 13.5. The van der Waals surface area contributed by atoms with Crippen LogP contribution in [0.1, 0.15) is 25.8 Å². The molecular weight excluding hydrogens is 496 g/mol. The standard InChI is InChI=1S/C22H23BrN4O4S/c1-4-31-16-7-5-6-15(11-16)24-21(29)19-12-20(28)25-22(32-19)27-26-13(2)14-8-9-18(30-3)17(23)10-14/h5-11,19H,4,12H2,1-3H3,(H,24,29)(H,25,27,28). The third-order valence-electron chi connectivity index (χ3n) is 4.44. The fourth-order valence-electron chi connectivity index (χ4n) is 2.86. The van der Waals surface area contributed by atoms with Crippen molar-refractivity contribution in [3.05, 3.63) is 52.5 Å². The van der Waals surface area contributed by atoms with E-state index in [1.165, 1.54) is 0 Å². The first-order chi connectivity index (χ1) is 15.4. The van der Waals surface area contributed by atoms with Crippen LogP contribution in [-0.4, -0.2) is 41.7 Å². The lowest BCUT2D eigenvalue weighted by molar-refractivity contribution is -0.123. The van der Waals surface area contributed by atoms with E-state index in [0.717, 1.165) is 21.8 Å². The van der Waals surface area contributed by atoms with E-state index in [1.807, 2.05) is 38.1 Å². The second-order valence-corrected chi connectivity index (χ2v) is 8.79. The molecule has 168 valence electrons. The molecule has 1 saturated heterocycles. The first-order valence-corrected chi connectivity index (χ1v) is 11.5. The van der Waals surface area contributed by atoms with Gasteiger partial charge in [-0.2, -0.15) is 5.10 Å². The smallest absolute Gasteiger partial charge is 0.238 e. The summed E-state index contributed by atoms with van der Waals surface area (Å²) >= 11 is 4.61. The van der Waals surface area contributed by atoms with Gasteiger partial charge in [-0.15, -0.1) is 5.10 Å². The maximum Gasteiger partial charge on any atom is 0.238 e. The quantitative estimate of drug-likeness (QED) is 0.422. The van der Waals surface area contributed by atoms with E-state index >= 15 is 0 Å². The number of amides is 2. The van der Waals surface area contributed by atoms with Gasteiger partial charge in [-0.3, -0.25) is 9.59 Å². The molecule has 3 rings (SSSR count). The number of nitrogens with zero attached hydrogens (tertiary/aromatic N) is 2. The van der Waals surface area contributed by atoms with Crippen LogP contribution in [0.15, 0.2) is 57.1 Å². The second kappa shape index (κ2) is 11.1. The van der Waals surface area contributed by atoms with Gasteiger partial charge < -0.3 is 20.1 Å². The molecule has 10 heteroatoms. The van der Waals surface area contributed by atoms with Crippen molar-refractivity contribution in [2.75, 3.05) is 19.0 Å². The number of amidine groups is 1. The van der Waals surface area contributed by atoms with Gasteiger partial charge in [-0.1, -0.05) is 17.8 Å². The molecule has 0 aromatic heterocycles. The summed E-state index contributed by atoms with van der Waals surface area (Å²) in [6.07, 6.45) is 0.0504. The zero-order valence-electron chi connectivity index (χ0n) is 17.8. The minimum atomic E-state index is -0.621. The van der Waals surface area contributed by atoms with Gasteiger partial charge in [-0.25, -0.2) is 0 Å². The van der Waals surface area contributed by atoms with Gasteiger partial charge in [0.1, 0.15) is 16.7 Å². The van der Waals surface area contributed by atoms with Crippen molar-refractivity contribution < 1.29 is 19.1 Å². The predicted molar refractivity (Wildman–Crippen MR) is 131 cm³/mol. The summed E-state index contributed by atoms with van der Waals surface area (Å²) in [6.45, 7) is 4.23.